The Balaban J connectivity index is 1.52. The van der Waals surface area contributed by atoms with Crippen LogP contribution in [-0.4, -0.2) is 36.5 Å². The van der Waals surface area contributed by atoms with Crippen LogP contribution in [0.4, 0.5) is 8.78 Å². The Hall–Kier alpha value is -0.220. The van der Waals surface area contributed by atoms with Crippen molar-refractivity contribution in [1.82, 2.24) is 4.90 Å². The maximum Gasteiger partial charge on any atom is 0.248 e. The molecule has 18 heavy (non-hydrogen) atoms. The molecule has 0 radical (unpaired) electrons. The summed E-state index contributed by atoms with van der Waals surface area (Å²) < 4.78 is 26.8. The molecule has 0 bridgehead atoms. The van der Waals surface area contributed by atoms with Crippen LogP contribution in [0.2, 0.25) is 0 Å². The number of nitrogens with zero attached hydrogens (tertiary/aromatic N) is 1. The van der Waals surface area contributed by atoms with E-state index in [2.05, 4.69) is 4.90 Å². The third-order valence-electron chi connectivity index (χ3n) is 5.25. The Labute approximate surface area is 108 Å². The van der Waals surface area contributed by atoms with Gasteiger partial charge in [0, 0.05) is 38.5 Å². The van der Waals surface area contributed by atoms with Crippen LogP contribution in [0.5, 0.6) is 0 Å². The van der Waals surface area contributed by atoms with Crippen molar-refractivity contribution in [3.05, 3.63) is 0 Å². The highest BCUT2D eigenvalue weighted by Gasteiger charge is 2.42. The van der Waals surface area contributed by atoms with Gasteiger partial charge in [0.15, 0.2) is 0 Å². The van der Waals surface area contributed by atoms with Gasteiger partial charge in [0.2, 0.25) is 5.92 Å². The third kappa shape index (κ3) is 2.55. The van der Waals surface area contributed by atoms with E-state index in [-0.39, 0.29) is 18.8 Å². The number of likely N-dealkylation sites (tertiary alicyclic amines) is 1. The van der Waals surface area contributed by atoms with Gasteiger partial charge in [-0.05, 0) is 43.4 Å². The zero-order chi connectivity index (χ0) is 12.8. The fourth-order valence-corrected chi connectivity index (χ4v) is 4.35. The van der Waals surface area contributed by atoms with Gasteiger partial charge in [-0.1, -0.05) is 0 Å². The molecule has 1 saturated heterocycles. The largest absolute Gasteiger partial charge is 0.327 e. The second kappa shape index (κ2) is 4.71. The number of nitrogens with two attached hydrogens (primary N) is 1. The molecule has 2 aliphatic carbocycles. The summed E-state index contributed by atoms with van der Waals surface area (Å²) in [7, 11) is 0. The van der Waals surface area contributed by atoms with Crippen molar-refractivity contribution < 1.29 is 8.78 Å². The summed E-state index contributed by atoms with van der Waals surface area (Å²) in [6.45, 7) is 3.02. The highest BCUT2D eigenvalue weighted by Crippen LogP contribution is 2.40. The topological polar surface area (TPSA) is 29.3 Å². The molecule has 3 aliphatic rings. The lowest BCUT2D eigenvalue weighted by Gasteiger charge is -2.32. The van der Waals surface area contributed by atoms with Crippen molar-refractivity contribution in [3.8, 4) is 0 Å². The molecule has 1 aliphatic heterocycles. The zero-order valence-electron chi connectivity index (χ0n) is 11.0. The maximum atomic E-state index is 13.4. The molecule has 4 atom stereocenters. The molecule has 0 aromatic carbocycles. The molecular formula is C14H24F2N2. The molecule has 0 aromatic heterocycles. The molecule has 4 heteroatoms. The first-order valence-electron chi connectivity index (χ1n) is 7.39. The van der Waals surface area contributed by atoms with Gasteiger partial charge < -0.3 is 10.6 Å². The monoisotopic (exact) mass is 258 g/mol. The Morgan fingerprint density at radius 1 is 1.17 bits per heavy atom. The molecule has 4 unspecified atom stereocenters. The summed E-state index contributed by atoms with van der Waals surface area (Å²) in [5.74, 6) is -0.837. The van der Waals surface area contributed by atoms with Crippen molar-refractivity contribution in [3.63, 3.8) is 0 Å². The quantitative estimate of drug-likeness (QED) is 0.824. The minimum Gasteiger partial charge on any atom is -0.327 e. The zero-order valence-corrected chi connectivity index (χ0v) is 11.0. The van der Waals surface area contributed by atoms with Crippen LogP contribution in [0.15, 0.2) is 0 Å². The van der Waals surface area contributed by atoms with E-state index < -0.39 is 5.92 Å². The van der Waals surface area contributed by atoms with Crippen LogP contribution >= 0.6 is 0 Å². The third-order valence-corrected chi connectivity index (χ3v) is 5.25. The molecule has 2 saturated carbocycles. The fourth-order valence-electron chi connectivity index (χ4n) is 4.35. The Morgan fingerprint density at radius 2 is 2.00 bits per heavy atom. The van der Waals surface area contributed by atoms with Gasteiger partial charge >= 0.3 is 0 Å². The SMILES string of the molecule is NC1CCC2CN(CC3CCCC(F)(F)C3)CC12. The van der Waals surface area contributed by atoms with Crippen molar-refractivity contribution in [1.29, 1.82) is 0 Å². The minimum absolute atomic E-state index is 0.0968. The van der Waals surface area contributed by atoms with Gasteiger partial charge in [-0.3, -0.25) is 0 Å². The van der Waals surface area contributed by atoms with E-state index in [1.807, 2.05) is 0 Å². The molecule has 0 spiro atoms. The summed E-state index contributed by atoms with van der Waals surface area (Å²) in [6, 6.07) is 0.354. The average Bonchev–Trinajstić information content (AvgIpc) is 2.80. The van der Waals surface area contributed by atoms with Crippen molar-refractivity contribution in [2.24, 2.45) is 23.5 Å². The maximum absolute atomic E-state index is 13.4. The highest BCUT2D eigenvalue weighted by molar-refractivity contribution is 4.96. The van der Waals surface area contributed by atoms with E-state index in [1.165, 1.54) is 6.42 Å². The highest BCUT2D eigenvalue weighted by atomic mass is 19.3. The Bertz CT molecular complexity index is 308. The number of hydrogen-bond acceptors (Lipinski definition) is 2. The van der Waals surface area contributed by atoms with Gasteiger partial charge in [-0.25, -0.2) is 8.78 Å². The molecule has 2 nitrogen and oxygen atoms in total. The second-order valence-corrected chi connectivity index (χ2v) is 6.70. The summed E-state index contributed by atoms with van der Waals surface area (Å²) in [5, 5.41) is 0. The van der Waals surface area contributed by atoms with E-state index in [4.69, 9.17) is 5.73 Å². The predicted molar refractivity (Wildman–Crippen MR) is 67.5 cm³/mol. The summed E-state index contributed by atoms with van der Waals surface area (Å²) >= 11 is 0. The van der Waals surface area contributed by atoms with Crippen molar-refractivity contribution >= 4 is 0 Å². The van der Waals surface area contributed by atoms with Crippen molar-refractivity contribution in [2.75, 3.05) is 19.6 Å². The molecule has 2 N–H and O–H groups in total. The number of rotatable bonds is 2. The van der Waals surface area contributed by atoms with Gasteiger partial charge in [0.25, 0.3) is 0 Å². The molecule has 0 amide bonds. The lowest BCUT2D eigenvalue weighted by atomic mass is 9.86. The second-order valence-electron chi connectivity index (χ2n) is 6.70. The Morgan fingerprint density at radius 3 is 2.72 bits per heavy atom. The lowest BCUT2D eigenvalue weighted by molar-refractivity contribution is -0.0563. The smallest absolute Gasteiger partial charge is 0.248 e. The van der Waals surface area contributed by atoms with E-state index in [0.29, 0.717) is 18.4 Å². The number of hydrogen-bond donors (Lipinski definition) is 1. The average molecular weight is 258 g/mol. The first-order chi connectivity index (χ1) is 8.53. The van der Waals surface area contributed by atoms with Gasteiger partial charge in [-0.15, -0.1) is 0 Å². The Kier molecular flexibility index (Phi) is 3.35. The van der Waals surface area contributed by atoms with E-state index in [0.717, 1.165) is 38.4 Å². The normalized spacial score (nSPS) is 44.2. The number of fused-ring (bicyclic) bond motifs is 1. The standard InChI is InChI=1S/C14H24F2N2/c15-14(16)5-1-2-10(6-14)7-18-8-11-3-4-13(17)12(11)9-18/h10-13H,1-9,17H2. The van der Waals surface area contributed by atoms with Gasteiger partial charge in [-0.2, -0.15) is 0 Å². The number of halogens is 2. The first-order valence-corrected chi connectivity index (χ1v) is 7.39. The molecule has 104 valence electrons. The molecule has 3 rings (SSSR count). The van der Waals surface area contributed by atoms with Gasteiger partial charge in [0.05, 0.1) is 0 Å². The minimum atomic E-state index is -2.41. The summed E-state index contributed by atoms with van der Waals surface area (Å²) in [6.07, 6.45) is 4.27. The molecule has 0 aromatic rings. The van der Waals surface area contributed by atoms with Crippen LogP contribution in [0.25, 0.3) is 0 Å². The van der Waals surface area contributed by atoms with Crippen LogP contribution in [0, 0.1) is 17.8 Å². The van der Waals surface area contributed by atoms with E-state index in [1.54, 1.807) is 0 Å². The van der Waals surface area contributed by atoms with Crippen LogP contribution in [0.3, 0.4) is 0 Å². The van der Waals surface area contributed by atoms with Crippen LogP contribution in [0.1, 0.15) is 38.5 Å². The fraction of sp³-hybridized carbons (Fsp3) is 1.00. The molecule has 3 fully saturated rings. The molecular weight excluding hydrogens is 234 g/mol. The molecule has 1 heterocycles. The van der Waals surface area contributed by atoms with Gasteiger partial charge in [0.1, 0.15) is 0 Å². The van der Waals surface area contributed by atoms with E-state index >= 15 is 0 Å². The first kappa shape index (κ1) is 12.8. The van der Waals surface area contributed by atoms with E-state index in [9.17, 15) is 8.78 Å². The summed E-state index contributed by atoms with van der Waals surface area (Å²) in [5.41, 5.74) is 6.11. The predicted octanol–water partition coefficient (Wildman–Crippen LogP) is 2.48. The van der Waals surface area contributed by atoms with Crippen LogP contribution in [-0.2, 0) is 0 Å². The summed E-state index contributed by atoms with van der Waals surface area (Å²) in [4.78, 5) is 2.40. The van der Waals surface area contributed by atoms with Crippen LogP contribution < -0.4 is 5.73 Å². The number of alkyl halides is 2. The lowest BCUT2D eigenvalue weighted by Crippen LogP contribution is -2.36. The van der Waals surface area contributed by atoms with Crippen molar-refractivity contribution in [2.45, 2.75) is 50.5 Å².